The number of rotatable bonds is 8. The minimum atomic E-state index is -0.466. The number of aromatic nitrogens is 2. The first-order valence-corrected chi connectivity index (χ1v) is 12.6. The molecule has 2 aromatic carbocycles. The molecule has 0 aliphatic carbocycles. The molecule has 5 rings (SSSR count). The van der Waals surface area contributed by atoms with Crippen molar-refractivity contribution in [2.24, 2.45) is 0 Å². The summed E-state index contributed by atoms with van der Waals surface area (Å²) < 4.78 is 26.3. The predicted octanol–water partition coefficient (Wildman–Crippen LogP) is 5.11. The van der Waals surface area contributed by atoms with Crippen LogP contribution in [0.1, 0.15) is 25.7 Å². The lowest BCUT2D eigenvalue weighted by molar-refractivity contribution is 0.115. The highest BCUT2D eigenvalue weighted by atomic mass is 35.5. The molecule has 0 bridgehead atoms. The Hall–Kier alpha value is -2.68. The SMILES string of the molecule is CN1CCC(Oc2cc(OCCN3CCCC3)cc3ncnc(Nc4ccc(F)c(Cl)c4)c23)CC1. The molecule has 1 aromatic heterocycles. The van der Waals surface area contributed by atoms with Crippen molar-refractivity contribution in [1.82, 2.24) is 19.8 Å². The molecule has 3 heterocycles. The number of fused-ring (bicyclic) bond motifs is 1. The molecule has 2 aliphatic rings. The second kappa shape index (κ2) is 10.9. The van der Waals surface area contributed by atoms with Gasteiger partial charge in [0, 0.05) is 37.5 Å². The molecule has 2 saturated heterocycles. The highest BCUT2D eigenvalue weighted by Crippen LogP contribution is 2.37. The van der Waals surface area contributed by atoms with Gasteiger partial charge in [-0.1, -0.05) is 11.6 Å². The van der Waals surface area contributed by atoms with Gasteiger partial charge in [0.25, 0.3) is 0 Å². The van der Waals surface area contributed by atoms with Crippen molar-refractivity contribution in [2.45, 2.75) is 31.8 Å². The fourth-order valence-corrected chi connectivity index (χ4v) is 4.87. The van der Waals surface area contributed by atoms with Crippen molar-refractivity contribution in [3.05, 3.63) is 47.5 Å². The van der Waals surface area contributed by atoms with E-state index in [4.69, 9.17) is 21.1 Å². The predicted molar refractivity (Wildman–Crippen MR) is 137 cm³/mol. The number of anilines is 2. The van der Waals surface area contributed by atoms with Crippen molar-refractivity contribution < 1.29 is 13.9 Å². The maximum Gasteiger partial charge on any atom is 0.145 e. The van der Waals surface area contributed by atoms with E-state index in [0.717, 1.165) is 62.2 Å². The van der Waals surface area contributed by atoms with Crippen LogP contribution in [0.4, 0.5) is 15.9 Å². The van der Waals surface area contributed by atoms with Gasteiger partial charge in [0.15, 0.2) is 0 Å². The summed E-state index contributed by atoms with van der Waals surface area (Å²) in [4.78, 5) is 13.7. The molecule has 0 radical (unpaired) electrons. The molecule has 0 saturated carbocycles. The van der Waals surface area contributed by atoms with E-state index in [2.05, 4.69) is 32.1 Å². The second-order valence-corrected chi connectivity index (χ2v) is 9.72. The van der Waals surface area contributed by atoms with Crippen LogP contribution in [0, 0.1) is 5.82 Å². The Bertz CT molecular complexity index is 1170. The summed E-state index contributed by atoms with van der Waals surface area (Å²) in [6.07, 6.45) is 6.02. The van der Waals surface area contributed by atoms with Crippen LogP contribution in [0.25, 0.3) is 10.9 Å². The van der Waals surface area contributed by atoms with Crippen molar-refractivity contribution in [2.75, 3.05) is 51.7 Å². The van der Waals surface area contributed by atoms with E-state index in [0.29, 0.717) is 23.9 Å². The van der Waals surface area contributed by atoms with Crippen LogP contribution in [0.15, 0.2) is 36.7 Å². The number of piperidine rings is 1. The molecule has 9 heteroatoms. The third kappa shape index (κ3) is 5.94. The number of hydrogen-bond acceptors (Lipinski definition) is 7. The maximum atomic E-state index is 13.7. The smallest absolute Gasteiger partial charge is 0.145 e. The highest BCUT2D eigenvalue weighted by molar-refractivity contribution is 6.31. The van der Waals surface area contributed by atoms with E-state index < -0.39 is 5.82 Å². The summed E-state index contributed by atoms with van der Waals surface area (Å²) in [5, 5.41) is 4.07. The van der Waals surface area contributed by atoms with E-state index in [-0.39, 0.29) is 11.1 Å². The molecule has 0 amide bonds. The van der Waals surface area contributed by atoms with Crippen molar-refractivity contribution >= 4 is 34.0 Å². The van der Waals surface area contributed by atoms with Crippen molar-refractivity contribution in [1.29, 1.82) is 0 Å². The summed E-state index contributed by atoms with van der Waals surface area (Å²) in [6, 6.07) is 8.36. The van der Waals surface area contributed by atoms with Crippen LogP contribution in [0.5, 0.6) is 11.5 Å². The molecule has 0 spiro atoms. The maximum absolute atomic E-state index is 13.7. The Morgan fingerprint density at radius 1 is 1.09 bits per heavy atom. The van der Waals surface area contributed by atoms with Gasteiger partial charge in [-0.15, -0.1) is 0 Å². The summed E-state index contributed by atoms with van der Waals surface area (Å²) >= 11 is 5.99. The number of likely N-dealkylation sites (tertiary alicyclic amines) is 2. The van der Waals surface area contributed by atoms with Gasteiger partial charge in [-0.3, -0.25) is 4.90 Å². The second-order valence-electron chi connectivity index (χ2n) is 9.31. The van der Waals surface area contributed by atoms with E-state index in [9.17, 15) is 4.39 Å². The number of nitrogens with zero attached hydrogens (tertiary/aromatic N) is 4. The number of nitrogens with one attached hydrogen (secondary N) is 1. The lowest BCUT2D eigenvalue weighted by atomic mass is 10.1. The molecule has 7 nitrogen and oxygen atoms in total. The zero-order chi connectivity index (χ0) is 24.2. The quantitative estimate of drug-likeness (QED) is 0.462. The lowest BCUT2D eigenvalue weighted by Crippen LogP contribution is -2.35. The average molecular weight is 500 g/mol. The standard InChI is InChI=1S/C26H31ClFN5O2/c1-32-10-6-19(7-11-32)35-24-16-20(34-13-12-33-8-2-3-9-33)15-23-25(24)26(30-17-29-23)31-18-4-5-22(28)21(27)14-18/h4-5,14-17,19H,2-3,6-13H2,1H3,(H,29,30,31). The Kier molecular flexibility index (Phi) is 7.51. The lowest BCUT2D eigenvalue weighted by Gasteiger charge is -2.30. The molecule has 0 atom stereocenters. The van der Waals surface area contributed by atoms with Gasteiger partial charge >= 0.3 is 0 Å². The highest BCUT2D eigenvalue weighted by Gasteiger charge is 2.22. The van der Waals surface area contributed by atoms with E-state index in [1.54, 1.807) is 6.07 Å². The third-order valence-electron chi connectivity index (χ3n) is 6.69. The van der Waals surface area contributed by atoms with Crippen LogP contribution in [0.2, 0.25) is 5.02 Å². The number of hydrogen-bond donors (Lipinski definition) is 1. The molecule has 2 aliphatic heterocycles. The normalized spacial score (nSPS) is 17.7. The molecule has 35 heavy (non-hydrogen) atoms. The molecule has 2 fully saturated rings. The minimum Gasteiger partial charge on any atom is -0.492 e. The first-order chi connectivity index (χ1) is 17.0. The third-order valence-corrected chi connectivity index (χ3v) is 6.98. The van der Waals surface area contributed by atoms with Crippen LogP contribution in [-0.4, -0.2) is 72.3 Å². The molecule has 186 valence electrons. The van der Waals surface area contributed by atoms with Gasteiger partial charge in [-0.2, -0.15) is 0 Å². The van der Waals surface area contributed by atoms with Gasteiger partial charge < -0.3 is 19.7 Å². The van der Waals surface area contributed by atoms with Crippen LogP contribution >= 0.6 is 11.6 Å². The molecule has 1 N–H and O–H groups in total. The zero-order valence-corrected chi connectivity index (χ0v) is 20.7. The van der Waals surface area contributed by atoms with Crippen LogP contribution in [-0.2, 0) is 0 Å². The molecule has 3 aromatic rings. The summed E-state index contributed by atoms with van der Waals surface area (Å²) in [5.74, 6) is 1.52. The summed E-state index contributed by atoms with van der Waals surface area (Å²) in [7, 11) is 2.13. The van der Waals surface area contributed by atoms with Gasteiger partial charge in [0.1, 0.15) is 42.2 Å². The van der Waals surface area contributed by atoms with Gasteiger partial charge in [-0.25, -0.2) is 14.4 Å². The van der Waals surface area contributed by atoms with E-state index in [1.165, 1.54) is 31.3 Å². The van der Waals surface area contributed by atoms with Crippen LogP contribution < -0.4 is 14.8 Å². The monoisotopic (exact) mass is 499 g/mol. The van der Waals surface area contributed by atoms with E-state index >= 15 is 0 Å². The molecular weight excluding hydrogens is 469 g/mol. The molecule has 0 unspecified atom stereocenters. The van der Waals surface area contributed by atoms with Gasteiger partial charge in [0.2, 0.25) is 0 Å². The van der Waals surface area contributed by atoms with Crippen molar-refractivity contribution in [3.63, 3.8) is 0 Å². The number of benzene rings is 2. The Balaban J connectivity index is 1.44. The van der Waals surface area contributed by atoms with Gasteiger partial charge in [-0.05, 0) is 64.0 Å². The minimum absolute atomic E-state index is 0.0462. The van der Waals surface area contributed by atoms with E-state index in [1.807, 2.05) is 12.1 Å². The topological polar surface area (TPSA) is 62.8 Å². The summed E-state index contributed by atoms with van der Waals surface area (Å²) in [6.45, 7) is 5.78. The summed E-state index contributed by atoms with van der Waals surface area (Å²) in [5.41, 5.74) is 1.35. The first-order valence-electron chi connectivity index (χ1n) is 12.3. The number of ether oxygens (including phenoxy) is 2. The zero-order valence-electron chi connectivity index (χ0n) is 20.0. The van der Waals surface area contributed by atoms with Crippen LogP contribution in [0.3, 0.4) is 0 Å². The largest absolute Gasteiger partial charge is 0.492 e. The Morgan fingerprint density at radius 2 is 1.89 bits per heavy atom. The van der Waals surface area contributed by atoms with Crippen molar-refractivity contribution in [3.8, 4) is 11.5 Å². The Labute approximate surface area is 210 Å². The Morgan fingerprint density at radius 3 is 2.66 bits per heavy atom. The fourth-order valence-electron chi connectivity index (χ4n) is 4.69. The molecular formula is C26H31ClFN5O2. The first kappa shape index (κ1) is 24.0. The van der Waals surface area contributed by atoms with Gasteiger partial charge in [0.05, 0.1) is 15.9 Å². The fraction of sp³-hybridized carbons (Fsp3) is 0.462. The average Bonchev–Trinajstić information content (AvgIpc) is 3.36. The number of halogens is 2.